The SMILES string of the molecule is CCCCCC(C)(C)CNC(C)c1ccnn1C. The molecule has 0 radical (unpaired) electrons. The van der Waals surface area contributed by atoms with Crippen LogP contribution in [0.15, 0.2) is 12.3 Å². The molecule has 3 nitrogen and oxygen atoms in total. The number of hydrogen-bond donors (Lipinski definition) is 1. The fourth-order valence-electron chi connectivity index (χ4n) is 2.28. The zero-order valence-corrected chi connectivity index (χ0v) is 12.7. The second-order valence-electron chi connectivity index (χ2n) is 6.10. The van der Waals surface area contributed by atoms with Gasteiger partial charge in [-0.3, -0.25) is 4.68 Å². The highest BCUT2D eigenvalue weighted by atomic mass is 15.3. The summed E-state index contributed by atoms with van der Waals surface area (Å²) in [6.45, 7) is 10.2. The minimum atomic E-state index is 0.364. The summed E-state index contributed by atoms with van der Waals surface area (Å²) in [7, 11) is 2.00. The molecule has 0 saturated heterocycles. The zero-order chi connectivity index (χ0) is 13.6. The largest absolute Gasteiger partial charge is 0.308 e. The van der Waals surface area contributed by atoms with E-state index < -0.39 is 0 Å². The van der Waals surface area contributed by atoms with Crippen molar-refractivity contribution >= 4 is 0 Å². The van der Waals surface area contributed by atoms with Crippen molar-refractivity contribution in [3.63, 3.8) is 0 Å². The summed E-state index contributed by atoms with van der Waals surface area (Å²) in [4.78, 5) is 0. The van der Waals surface area contributed by atoms with Crippen LogP contribution in [0, 0.1) is 5.41 Å². The second-order valence-corrected chi connectivity index (χ2v) is 6.10. The van der Waals surface area contributed by atoms with E-state index in [-0.39, 0.29) is 0 Å². The molecule has 0 bridgehead atoms. The van der Waals surface area contributed by atoms with Crippen molar-refractivity contribution in [1.29, 1.82) is 0 Å². The Hall–Kier alpha value is -0.830. The molecule has 0 fully saturated rings. The molecule has 0 amide bonds. The van der Waals surface area contributed by atoms with E-state index in [2.05, 4.69) is 44.2 Å². The van der Waals surface area contributed by atoms with Crippen molar-refractivity contribution in [2.75, 3.05) is 6.54 Å². The molecule has 1 heterocycles. The Balaban J connectivity index is 2.37. The van der Waals surface area contributed by atoms with Gasteiger partial charge >= 0.3 is 0 Å². The highest BCUT2D eigenvalue weighted by Gasteiger charge is 2.19. The Labute approximate surface area is 112 Å². The first-order chi connectivity index (χ1) is 8.46. The molecule has 0 aliphatic heterocycles. The standard InChI is InChI=1S/C15H29N3/c1-6-7-8-10-15(3,4)12-16-13(2)14-9-11-17-18(14)5/h9,11,13,16H,6-8,10,12H2,1-5H3. The van der Waals surface area contributed by atoms with Crippen LogP contribution in [0.3, 0.4) is 0 Å². The summed E-state index contributed by atoms with van der Waals surface area (Å²) in [5, 5.41) is 7.85. The van der Waals surface area contributed by atoms with Gasteiger partial charge in [-0.25, -0.2) is 0 Å². The summed E-state index contributed by atoms with van der Waals surface area (Å²) in [6, 6.07) is 2.45. The maximum Gasteiger partial charge on any atom is 0.0547 e. The van der Waals surface area contributed by atoms with Gasteiger partial charge in [0.1, 0.15) is 0 Å². The third-order valence-corrected chi connectivity index (χ3v) is 3.65. The van der Waals surface area contributed by atoms with E-state index in [1.54, 1.807) is 0 Å². The van der Waals surface area contributed by atoms with E-state index in [4.69, 9.17) is 0 Å². The molecule has 0 aromatic carbocycles. The molecule has 1 aromatic heterocycles. The summed E-state index contributed by atoms with van der Waals surface area (Å²) < 4.78 is 1.95. The molecule has 1 atom stereocenters. The number of nitrogens with one attached hydrogen (secondary N) is 1. The molecular formula is C15H29N3. The minimum Gasteiger partial charge on any atom is -0.308 e. The molecule has 1 N–H and O–H groups in total. The Morgan fingerprint density at radius 3 is 2.67 bits per heavy atom. The maximum atomic E-state index is 4.22. The smallest absolute Gasteiger partial charge is 0.0547 e. The van der Waals surface area contributed by atoms with Gasteiger partial charge in [-0.05, 0) is 24.8 Å². The Bertz CT molecular complexity index is 341. The predicted octanol–water partition coefficient (Wildman–Crippen LogP) is 3.68. The van der Waals surface area contributed by atoms with Gasteiger partial charge in [0.15, 0.2) is 0 Å². The topological polar surface area (TPSA) is 29.9 Å². The van der Waals surface area contributed by atoms with Crippen molar-refractivity contribution in [2.45, 2.75) is 59.4 Å². The average molecular weight is 251 g/mol. The molecule has 0 aliphatic carbocycles. The first-order valence-electron chi connectivity index (χ1n) is 7.17. The zero-order valence-electron chi connectivity index (χ0n) is 12.7. The molecule has 0 spiro atoms. The van der Waals surface area contributed by atoms with Gasteiger partial charge in [-0.1, -0.05) is 40.0 Å². The number of hydrogen-bond acceptors (Lipinski definition) is 2. The van der Waals surface area contributed by atoms with E-state index in [0.717, 1.165) is 6.54 Å². The molecule has 0 saturated carbocycles. The van der Waals surface area contributed by atoms with Crippen molar-refractivity contribution in [3.8, 4) is 0 Å². The van der Waals surface area contributed by atoms with Crippen molar-refractivity contribution in [2.24, 2.45) is 12.5 Å². The lowest BCUT2D eigenvalue weighted by Crippen LogP contribution is -2.32. The van der Waals surface area contributed by atoms with Gasteiger partial charge in [-0.2, -0.15) is 5.10 Å². The fraction of sp³-hybridized carbons (Fsp3) is 0.800. The third kappa shape index (κ3) is 4.81. The molecule has 1 aromatic rings. The van der Waals surface area contributed by atoms with Gasteiger partial charge in [-0.15, -0.1) is 0 Å². The Morgan fingerprint density at radius 2 is 2.11 bits per heavy atom. The Kier molecular flexibility index (Phi) is 5.86. The van der Waals surface area contributed by atoms with Crippen molar-refractivity contribution in [1.82, 2.24) is 15.1 Å². The summed E-state index contributed by atoms with van der Waals surface area (Å²) >= 11 is 0. The average Bonchev–Trinajstić information content (AvgIpc) is 2.73. The van der Waals surface area contributed by atoms with Gasteiger partial charge in [0.2, 0.25) is 0 Å². The molecule has 3 heteroatoms. The number of aryl methyl sites for hydroxylation is 1. The van der Waals surface area contributed by atoms with Crippen LogP contribution in [0.25, 0.3) is 0 Å². The van der Waals surface area contributed by atoms with Crippen LogP contribution in [-0.4, -0.2) is 16.3 Å². The van der Waals surface area contributed by atoms with Crippen LogP contribution in [-0.2, 0) is 7.05 Å². The molecule has 1 unspecified atom stereocenters. The Morgan fingerprint density at radius 1 is 1.39 bits per heavy atom. The number of unbranched alkanes of at least 4 members (excludes halogenated alkanes) is 2. The predicted molar refractivity (Wildman–Crippen MR) is 77.5 cm³/mol. The molecule has 104 valence electrons. The number of aromatic nitrogens is 2. The highest BCUT2D eigenvalue weighted by molar-refractivity contribution is 5.05. The van der Waals surface area contributed by atoms with E-state index in [0.29, 0.717) is 11.5 Å². The minimum absolute atomic E-state index is 0.364. The van der Waals surface area contributed by atoms with E-state index >= 15 is 0 Å². The monoisotopic (exact) mass is 251 g/mol. The highest BCUT2D eigenvalue weighted by Crippen LogP contribution is 2.24. The van der Waals surface area contributed by atoms with Gasteiger partial charge in [0.25, 0.3) is 0 Å². The lowest BCUT2D eigenvalue weighted by molar-refractivity contribution is 0.288. The van der Waals surface area contributed by atoms with Crippen LogP contribution < -0.4 is 5.32 Å². The van der Waals surface area contributed by atoms with Crippen LogP contribution in [0.4, 0.5) is 0 Å². The summed E-state index contributed by atoms with van der Waals surface area (Å²) in [6.07, 6.45) is 7.15. The third-order valence-electron chi connectivity index (χ3n) is 3.65. The van der Waals surface area contributed by atoms with E-state index in [1.807, 2.05) is 17.9 Å². The summed E-state index contributed by atoms with van der Waals surface area (Å²) in [5.74, 6) is 0. The molecular weight excluding hydrogens is 222 g/mol. The lowest BCUT2D eigenvalue weighted by Gasteiger charge is -2.27. The number of nitrogens with zero attached hydrogens (tertiary/aromatic N) is 2. The van der Waals surface area contributed by atoms with Gasteiger partial charge in [0.05, 0.1) is 5.69 Å². The quantitative estimate of drug-likeness (QED) is 0.714. The summed E-state index contributed by atoms with van der Waals surface area (Å²) in [5.41, 5.74) is 1.63. The number of rotatable bonds is 8. The van der Waals surface area contributed by atoms with Crippen LogP contribution in [0.1, 0.15) is 65.1 Å². The van der Waals surface area contributed by atoms with Crippen LogP contribution in [0.5, 0.6) is 0 Å². The maximum absolute atomic E-state index is 4.22. The van der Waals surface area contributed by atoms with Gasteiger partial charge < -0.3 is 5.32 Å². The molecule has 0 aliphatic rings. The first kappa shape index (κ1) is 15.2. The van der Waals surface area contributed by atoms with Crippen LogP contribution in [0.2, 0.25) is 0 Å². The van der Waals surface area contributed by atoms with Gasteiger partial charge in [0, 0.05) is 25.8 Å². The first-order valence-corrected chi connectivity index (χ1v) is 7.17. The lowest BCUT2D eigenvalue weighted by atomic mass is 9.86. The van der Waals surface area contributed by atoms with Crippen LogP contribution >= 0.6 is 0 Å². The normalized spacial score (nSPS) is 13.8. The molecule has 1 rings (SSSR count). The van der Waals surface area contributed by atoms with Crippen molar-refractivity contribution < 1.29 is 0 Å². The van der Waals surface area contributed by atoms with E-state index in [9.17, 15) is 0 Å². The fourth-order valence-corrected chi connectivity index (χ4v) is 2.28. The van der Waals surface area contributed by atoms with E-state index in [1.165, 1.54) is 31.4 Å². The second kappa shape index (κ2) is 6.93. The molecule has 18 heavy (non-hydrogen) atoms. The van der Waals surface area contributed by atoms with Crippen molar-refractivity contribution in [3.05, 3.63) is 18.0 Å².